The van der Waals surface area contributed by atoms with Crippen molar-refractivity contribution in [3.63, 3.8) is 0 Å². The first-order valence-electron chi connectivity index (χ1n) is 9.87. The molecule has 2 atom stereocenters. The fourth-order valence-corrected chi connectivity index (χ4v) is 4.12. The first-order valence-corrected chi connectivity index (χ1v) is 9.87. The molecule has 1 aliphatic heterocycles. The Morgan fingerprint density at radius 3 is 2.82 bits per heavy atom. The number of hydrogen-bond acceptors (Lipinski definition) is 5. The highest BCUT2D eigenvalue weighted by atomic mass is 19.1. The Balaban J connectivity index is 1.76. The molecule has 28 heavy (non-hydrogen) atoms. The molecular formula is C20H25FN4O3. The molecule has 3 heterocycles. The van der Waals surface area contributed by atoms with Crippen LogP contribution in [0.2, 0.25) is 0 Å². The van der Waals surface area contributed by atoms with Crippen LogP contribution in [0, 0.1) is 11.7 Å². The summed E-state index contributed by atoms with van der Waals surface area (Å²) in [4.78, 5) is 30.4. The van der Waals surface area contributed by atoms with E-state index in [0.29, 0.717) is 30.7 Å². The average molecular weight is 388 g/mol. The van der Waals surface area contributed by atoms with Crippen LogP contribution in [0.4, 0.5) is 10.2 Å². The predicted octanol–water partition coefficient (Wildman–Crippen LogP) is 2.39. The van der Waals surface area contributed by atoms with E-state index in [-0.39, 0.29) is 22.8 Å². The maximum atomic E-state index is 14.9. The van der Waals surface area contributed by atoms with E-state index < -0.39 is 17.2 Å². The number of anilines is 1. The first kappa shape index (κ1) is 18.9. The minimum absolute atomic E-state index is 0.0322. The van der Waals surface area contributed by atoms with Crippen LogP contribution in [-0.2, 0) is 0 Å². The van der Waals surface area contributed by atoms with Gasteiger partial charge in [0.05, 0.1) is 5.39 Å². The van der Waals surface area contributed by atoms with Gasteiger partial charge in [0.1, 0.15) is 11.2 Å². The highest BCUT2D eigenvalue weighted by molar-refractivity contribution is 5.92. The van der Waals surface area contributed by atoms with Gasteiger partial charge in [0.25, 0.3) is 0 Å². The van der Waals surface area contributed by atoms with Gasteiger partial charge < -0.3 is 19.9 Å². The third kappa shape index (κ3) is 3.26. The van der Waals surface area contributed by atoms with Gasteiger partial charge in [0.2, 0.25) is 5.43 Å². The van der Waals surface area contributed by atoms with Gasteiger partial charge >= 0.3 is 5.97 Å². The van der Waals surface area contributed by atoms with E-state index in [1.165, 1.54) is 6.20 Å². The quantitative estimate of drug-likeness (QED) is 0.790. The van der Waals surface area contributed by atoms with Gasteiger partial charge in [-0.05, 0) is 44.7 Å². The molecule has 1 aliphatic carbocycles. The number of hydrogen-bond donors (Lipinski definition) is 2. The zero-order valence-electron chi connectivity index (χ0n) is 16.1. The molecule has 2 aliphatic rings. The van der Waals surface area contributed by atoms with Crippen molar-refractivity contribution >= 4 is 22.8 Å². The molecule has 0 spiro atoms. The van der Waals surface area contributed by atoms with Gasteiger partial charge in [-0.3, -0.25) is 4.79 Å². The maximum absolute atomic E-state index is 14.9. The molecule has 0 amide bonds. The summed E-state index contributed by atoms with van der Waals surface area (Å²) in [5.74, 6) is -1.23. The first-order chi connectivity index (χ1) is 13.4. The number of aromatic nitrogens is 2. The highest BCUT2D eigenvalue weighted by Crippen LogP contribution is 2.37. The summed E-state index contributed by atoms with van der Waals surface area (Å²) in [5, 5.41) is 12.8. The number of carboxylic acid groups (broad SMARTS) is 1. The van der Waals surface area contributed by atoms with E-state index in [2.05, 4.69) is 24.1 Å². The number of carbonyl (C=O) groups is 1. The summed E-state index contributed by atoms with van der Waals surface area (Å²) in [6, 6.07) is 1.61. The molecule has 2 aromatic rings. The van der Waals surface area contributed by atoms with E-state index >= 15 is 0 Å². The minimum atomic E-state index is -1.30. The molecular weight excluding hydrogens is 363 g/mol. The zero-order valence-corrected chi connectivity index (χ0v) is 16.1. The topological polar surface area (TPSA) is 87.5 Å². The summed E-state index contributed by atoms with van der Waals surface area (Å²) < 4.78 is 16.6. The third-order valence-corrected chi connectivity index (χ3v) is 5.87. The Bertz CT molecular complexity index is 986. The van der Waals surface area contributed by atoms with Crippen LogP contribution < -0.4 is 15.6 Å². The lowest BCUT2D eigenvalue weighted by atomic mass is 10.0. The zero-order chi connectivity index (χ0) is 20.0. The van der Waals surface area contributed by atoms with Gasteiger partial charge in [-0.25, -0.2) is 14.2 Å². The molecule has 0 unspecified atom stereocenters. The van der Waals surface area contributed by atoms with Crippen LogP contribution in [0.15, 0.2) is 17.1 Å². The molecule has 1 saturated carbocycles. The molecule has 0 radical (unpaired) electrons. The fourth-order valence-electron chi connectivity index (χ4n) is 4.12. The molecule has 2 N–H and O–H groups in total. The van der Waals surface area contributed by atoms with Crippen LogP contribution in [0.5, 0.6) is 0 Å². The number of nitrogens with one attached hydrogen (secondary N) is 1. The number of rotatable bonds is 6. The smallest absolute Gasteiger partial charge is 0.341 e. The minimum Gasteiger partial charge on any atom is -0.477 e. The largest absolute Gasteiger partial charge is 0.477 e. The van der Waals surface area contributed by atoms with E-state index in [1.807, 2.05) is 4.90 Å². The lowest BCUT2D eigenvalue weighted by Crippen LogP contribution is -2.35. The van der Waals surface area contributed by atoms with Crippen LogP contribution in [0.25, 0.3) is 11.0 Å². The molecule has 2 fully saturated rings. The van der Waals surface area contributed by atoms with E-state index in [1.54, 1.807) is 4.57 Å². The number of fused-ring (bicyclic) bond motifs is 1. The van der Waals surface area contributed by atoms with Crippen molar-refractivity contribution in [2.75, 3.05) is 24.5 Å². The fraction of sp³-hybridized carbons (Fsp3) is 0.550. The molecule has 1 saturated heterocycles. The molecule has 4 rings (SSSR count). The lowest BCUT2D eigenvalue weighted by Gasteiger charge is -2.22. The van der Waals surface area contributed by atoms with Gasteiger partial charge in [-0.2, -0.15) is 0 Å². The second-order valence-corrected chi connectivity index (χ2v) is 7.82. The number of halogens is 1. The molecule has 0 aromatic carbocycles. The average Bonchev–Trinajstić information content (AvgIpc) is 3.38. The Hall–Kier alpha value is -2.48. The number of pyridine rings is 2. The van der Waals surface area contributed by atoms with E-state index in [0.717, 1.165) is 31.9 Å². The SMILES string of the molecule is CCN[C@H](C)[C@@H]1CCN(c2nc3c(cc2F)c(=O)c(C(=O)O)cn3C2CC2)C1. The monoisotopic (exact) mass is 388 g/mol. The number of nitrogens with zero attached hydrogens (tertiary/aromatic N) is 3. The van der Waals surface area contributed by atoms with Gasteiger partial charge in [-0.15, -0.1) is 0 Å². The number of aromatic carboxylic acids is 1. The molecule has 8 heteroatoms. The van der Waals surface area contributed by atoms with Crippen molar-refractivity contribution in [2.24, 2.45) is 5.92 Å². The molecule has 0 bridgehead atoms. The molecule has 7 nitrogen and oxygen atoms in total. The van der Waals surface area contributed by atoms with Crippen molar-refractivity contribution in [2.45, 2.75) is 45.2 Å². The summed E-state index contributed by atoms with van der Waals surface area (Å²) in [7, 11) is 0. The van der Waals surface area contributed by atoms with Crippen molar-refractivity contribution < 1.29 is 14.3 Å². The molecule has 2 aromatic heterocycles. The van der Waals surface area contributed by atoms with Crippen molar-refractivity contribution in [1.82, 2.24) is 14.9 Å². The summed E-state index contributed by atoms with van der Waals surface area (Å²) in [5.41, 5.74) is -0.649. The van der Waals surface area contributed by atoms with E-state index in [9.17, 15) is 19.1 Å². The van der Waals surface area contributed by atoms with Crippen molar-refractivity contribution in [3.8, 4) is 0 Å². The highest BCUT2D eigenvalue weighted by Gasteiger charge is 2.31. The van der Waals surface area contributed by atoms with Crippen molar-refractivity contribution in [3.05, 3.63) is 33.9 Å². The van der Waals surface area contributed by atoms with Gasteiger partial charge in [0, 0.05) is 31.4 Å². The summed E-state index contributed by atoms with van der Waals surface area (Å²) >= 11 is 0. The Kier molecular flexibility index (Phi) is 4.82. The second-order valence-electron chi connectivity index (χ2n) is 7.82. The van der Waals surface area contributed by atoms with Gasteiger partial charge in [0.15, 0.2) is 11.6 Å². The van der Waals surface area contributed by atoms with Gasteiger partial charge in [-0.1, -0.05) is 6.92 Å². The van der Waals surface area contributed by atoms with Crippen LogP contribution in [0.1, 0.15) is 49.5 Å². The maximum Gasteiger partial charge on any atom is 0.341 e. The third-order valence-electron chi connectivity index (χ3n) is 5.87. The normalized spacial score (nSPS) is 20.7. The van der Waals surface area contributed by atoms with Crippen LogP contribution >= 0.6 is 0 Å². The Morgan fingerprint density at radius 2 is 2.18 bits per heavy atom. The lowest BCUT2D eigenvalue weighted by molar-refractivity contribution is 0.0695. The summed E-state index contributed by atoms with van der Waals surface area (Å²) in [6.07, 6.45) is 4.11. The van der Waals surface area contributed by atoms with Crippen LogP contribution in [-0.4, -0.2) is 46.3 Å². The molecule has 150 valence electrons. The standard InChI is InChI=1S/C20H25FN4O3/c1-3-22-11(2)12-6-7-24(9-12)19-16(21)8-14-17(26)15(20(27)28)10-25(13-4-5-13)18(14)23-19/h8,10-13,22H,3-7,9H2,1-2H3,(H,27,28)/t11-,12-/m1/s1. The Morgan fingerprint density at radius 1 is 1.43 bits per heavy atom. The Labute approximate surface area is 162 Å². The van der Waals surface area contributed by atoms with Crippen molar-refractivity contribution in [1.29, 1.82) is 0 Å². The summed E-state index contributed by atoms with van der Waals surface area (Å²) in [6.45, 7) is 6.50. The second kappa shape index (κ2) is 7.16. The number of carboxylic acids is 1. The predicted molar refractivity (Wildman–Crippen MR) is 105 cm³/mol. The van der Waals surface area contributed by atoms with E-state index in [4.69, 9.17) is 0 Å². The van der Waals surface area contributed by atoms with Crippen LogP contribution in [0.3, 0.4) is 0 Å².